The molecule has 7 heteroatoms. The Balaban J connectivity index is 1.78. The summed E-state index contributed by atoms with van der Waals surface area (Å²) in [5.41, 5.74) is 6.35. The van der Waals surface area contributed by atoms with Crippen molar-refractivity contribution in [2.24, 2.45) is 5.73 Å². The molecule has 1 aliphatic heterocycles. The largest absolute Gasteiger partial charge is 0.368 e. The number of hydrogen-bond acceptors (Lipinski definition) is 5. The minimum absolute atomic E-state index is 0.137. The molecule has 0 bridgehead atoms. The minimum atomic E-state index is -0.590. The highest BCUT2D eigenvalue weighted by molar-refractivity contribution is 5.81. The molecule has 132 valence electrons. The summed E-state index contributed by atoms with van der Waals surface area (Å²) in [6, 6.07) is 9.28. The second-order valence-corrected chi connectivity index (χ2v) is 6.35. The van der Waals surface area contributed by atoms with Crippen LogP contribution in [0.5, 0.6) is 0 Å². The van der Waals surface area contributed by atoms with E-state index in [2.05, 4.69) is 15.1 Å². The van der Waals surface area contributed by atoms with Crippen molar-refractivity contribution in [2.45, 2.75) is 24.9 Å². The monoisotopic (exact) mass is 343 g/mol. The molecule has 0 radical (unpaired) electrons. The van der Waals surface area contributed by atoms with Gasteiger partial charge in [-0.1, -0.05) is 12.1 Å². The maximum absolute atomic E-state index is 13.2. The summed E-state index contributed by atoms with van der Waals surface area (Å²) in [6.07, 6.45) is 3.59. The Morgan fingerprint density at radius 2 is 2.12 bits per heavy atom. The van der Waals surface area contributed by atoms with Crippen LogP contribution in [0.15, 0.2) is 42.6 Å². The topological polar surface area (TPSA) is 75.3 Å². The van der Waals surface area contributed by atoms with Crippen molar-refractivity contribution in [3.05, 3.63) is 54.0 Å². The number of likely N-dealkylation sites (N-methyl/N-ethyl adjacent to an activating group) is 1. The molecule has 25 heavy (non-hydrogen) atoms. The fourth-order valence-electron chi connectivity index (χ4n) is 3.41. The van der Waals surface area contributed by atoms with Crippen molar-refractivity contribution < 1.29 is 9.18 Å². The number of amides is 1. The molecule has 1 saturated heterocycles. The highest BCUT2D eigenvalue weighted by Crippen LogP contribution is 2.27. The van der Waals surface area contributed by atoms with Crippen LogP contribution in [0.4, 0.5) is 10.2 Å². The highest BCUT2D eigenvalue weighted by Gasteiger charge is 2.31. The number of carbonyl (C=O) groups is 1. The number of anilines is 1. The van der Waals surface area contributed by atoms with Gasteiger partial charge in [-0.05, 0) is 49.7 Å². The molecule has 0 saturated carbocycles. The molecule has 1 aromatic carbocycles. The molecule has 6 nitrogen and oxygen atoms in total. The first-order valence-corrected chi connectivity index (χ1v) is 8.35. The Morgan fingerprint density at radius 3 is 2.76 bits per heavy atom. The average Bonchev–Trinajstić information content (AvgIpc) is 2.64. The molecule has 0 unspecified atom stereocenters. The van der Waals surface area contributed by atoms with Gasteiger partial charge in [0.25, 0.3) is 0 Å². The Labute approximate surface area is 146 Å². The molecule has 2 N–H and O–H groups in total. The van der Waals surface area contributed by atoms with Crippen molar-refractivity contribution in [1.82, 2.24) is 15.1 Å². The van der Waals surface area contributed by atoms with E-state index in [1.165, 1.54) is 12.1 Å². The second kappa shape index (κ2) is 7.57. The van der Waals surface area contributed by atoms with Gasteiger partial charge in [0, 0.05) is 25.3 Å². The molecule has 1 aromatic heterocycles. The first-order chi connectivity index (χ1) is 12.1. The van der Waals surface area contributed by atoms with Crippen LogP contribution in [-0.4, -0.2) is 47.2 Å². The van der Waals surface area contributed by atoms with Crippen LogP contribution in [0.3, 0.4) is 0 Å². The van der Waals surface area contributed by atoms with E-state index >= 15 is 0 Å². The summed E-state index contributed by atoms with van der Waals surface area (Å²) in [5, 5.41) is 8.10. The lowest BCUT2D eigenvalue weighted by atomic mass is 9.98. The fourth-order valence-corrected chi connectivity index (χ4v) is 3.41. The van der Waals surface area contributed by atoms with Crippen molar-refractivity contribution in [3.63, 3.8) is 0 Å². The minimum Gasteiger partial charge on any atom is -0.368 e. The first-order valence-electron chi connectivity index (χ1n) is 8.35. The maximum Gasteiger partial charge on any atom is 0.239 e. The summed E-state index contributed by atoms with van der Waals surface area (Å²) in [6.45, 7) is 1.64. The van der Waals surface area contributed by atoms with Crippen molar-refractivity contribution in [1.29, 1.82) is 0 Å². The smallest absolute Gasteiger partial charge is 0.239 e. The SMILES string of the molecule is CN([C@H]1CCCN(c2cccnn2)C1)[C@H](C(N)=O)c1ccc(F)cc1. The lowest BCUT2D eigenvalue weighted by Gasteiger charge is -2.40. The zero-order valence-electron chi connectivity index (χ0n) is 14.2. The van der Waals surface area contributed by atoms with Crippen molar-refractivity contribution in [3.8, 4) is 0 Å². The number of benzene rings is 1. The third-order valence-electron chi connectivity index (χ3n) is 4.72. The van der Waals surface area contributed by atoms with Crippen LogP contribution in [0, 0.1) is 5.82 Å². The van der Waals surface area contributed by atoms with Crippen LogP contribution >= 0.6 is 0 Å². The van der Waals surface area contributed by atoms with Gasteiger partial charge >= 0.3 is 0 Å². The Kier molecular flexibility index (Phi) is 5.23. The van der Waals surface area contributed by atoms with Gasteiger partial charge in [0.05, 0.1) is 0 Å². The van der Waals surface area contributed by atoms with E-state index in [0.29, 0.717) is 5.56 Å². The molecular formula is C18H22FN5O. The molecule has 2 atom stereocenters. The van der Waals surface area contributed by atoms with E-state index in [1.54, 1.807) is 18.3 Å². The van der Waals surface area contributed by atoms with Gasteiger partial charge in [0.1, 0.15) is 11.9 Å². The number of nitrogens with zero attached hydrogens (tertiary/aromatic N) is 4. The Bertz CT molecular complexity index is 709. The fraction of sp³-hybridized carbons (Fsp3) is 0.389. The molecule has 1 fully saturated rings. The number of aromatic nitrogens is 2. The second-order valence-electron chi connectivity index (χ2n) is 6.35. The van der Waals surface area contributed by atoms with Crippen molar-refractivity contribution in [2.75, 3.05) is 25.0 Å². The number of piperidine rings is 1. The normalized spacial score (nSPS) is 19.0. The number of halogens is 1. The van der Waals surface area contributed by atoms with Gasteiger partial charge in [-0.15, -0.1) is 5.10 Å². The third kappa shape index (κ3) is 3.93. The van der Waals surface area contributed by atoms with Crippen LogP contribution in [0.2, 0.25) is 0 Å². The quantitative estimate of drug-likeness (QED) is 0.895. The predicted octanol–water partition coefficient (Wildman–Crippen LogP) is 1.74. The maximum atomic E-state index is 13.2. The molecule has 1 aliphatic rings. The van der Waals surface area contributed by atoms with E-state index in [4.69, 9.17) is 5.73 Å². The van der Waals surface area contributed by atoms with E-state index < -0.39 is 11.9 Å². The standard InChI is InChI=1S/C18H22FN5O/c1-23(17(18(20)25)13-6-8-14(19)9-7-13)15-4-3-11-24(12-15)16-5-2-10-21-22-16/h2,5-10,15,17H,3-4,11-12H2,1H3,(H2,20,25)/t15-,17-/m0/s1. The highest BCUT2D eigenvalue weighted by atomic mass is 19.1. The number of primary amides is 1. The number of carbonyl (C=O) groups excluding carboxylic acids is 1. The first kappa shape index (κ1) is 17.3. The van der Waals surface area contributed by atoms with Gasteiger partial charge < -0.3 is 10.6 Å². The predicted molar refractivity (Wildman–Crippen MR) is 93.4 cm³/mol. The van der Waals surface area contributed by atoms with Gasteiger partial charge in [0.2, 0.25) is 5.91 Å². The third-order valence-corrected chi connectivity index (χ3v) is 4.72. The van der Waals surface area contributed by atoms with Crippen LogP contribution < -0.4 is 10.6 Å². The van der Waals surface area contributed by atoms with E-state index in [0.717, 1.165) is 31.7 Å². The lowest BCUT2D eigenvalue weighted by Crippen LogP contribution is -2.50. The Hall–Kier alpha value is -2.54. The van der Waals surface area contributed by atoms with Crippen molar-refractivity contribution >= 4 is 11.7 Å². The average molecular weight is 343 g/mol. The molecular weight excluding hydrogens is 321 g/mol. The van der Waals surface area contributed by atoms with Gasteiger partial charge in [-0.3, -0.25) is 9.69 Å². The number of hydrogen-bond donors (Lipinski definition) is 1. The van der Waals surface area contributed by atoms with E-state index in [9.17, 15) is 9.18 Å². The summed E-state index contributed by atoms with van der Waals surface area (Å²) >= 11 is 0. The summed E-state index contributed by atoms with van der Waals surface area (Å²) in [5.74, 6) is 0.0601. The summed E-state index contributed by atoms with van der Waals surface area (Å²) in [4.78, 5) is 16.2. The molecule has 0 aliphatic carbocycles. The van der Waals surface area contributed by atoms with E-state index in [-0.39, 0.29) is 11.9 Å². The lowest BCUT2D eigenvalue weighted by molar-refractivity contribution is -0.123. The Morgan fingerprint density at radius 1 is 1.36 bits per heavy atom. The molecule has 3 rings (SSSR count). The molecule has 2 heterocycles. The molecule has 1 amide bonds. The number of rotatable bonds is 5. The summed E-state index contributed by atoms with van der Waals surface area (Å²) in [7, 11) is 1.89. The molecule has 0 spiro atoms. The zero-order valence-corrected chi connectivity index (χ0v) is 14.2. The van der Waals surface area contributed by atoms with Crippen LogP contribution in [0.1, 0.15) is 24.4 Å². The number of nitrogens with two attached hydrogens (primary N) is 1. The van der Waals surface area contributed by atoms with Crippen LogP contribution in [0.25, 0.3) is 0 Å². The van der Waals surface area contributed by atoms with Gasteiger partial charge in [0.15, 0.2) is 5.82 Å². The molecule has 2 aromatic rings. The zero-order chi connectivity index (χ0) is 17.8. The van der Waals surface area contributed by atoms with Crippen LogP contribution in [-0.2, 0) is 4.79 Å². The van der Waals surface area contributed by atoms with Gasteiger partial charge in [-0.25, -0.2) is 4.39 Å². The van der Waals surface area contributed by atoms with E-state index in [1.807, 2.05) is 24.1 Å². The summed E-state index contributed by atoms with van der Waals surface area (Å²) < 4.78 is 13.2. The van der Waals surface area contributed by atoms with Gasteiger partial charge in [-0.2, -0.15) is 5.10 Å².